The molecule has 1 fully saturated rings. The van der Waals surface area contributed by atoms with Gasteiger partial charge in [-0.25, -0.2) is 9.37 Å². The van der Waals surface area contributed by atoms with Crippen molar-refractivity contribution in [1.29, 1.82) is 0 Å². The molecular formula is C28H21FN2O5S. The molecule has 0 spiro atoms. The van der Waals surface area contributed by atoms with Gasteiger partial charge in [0.05, 0.1) is 28.9 Å². The van der Waals surface area contributed by atoms with Crippen LogP contribution >= 0.6 is 11.3 Å². The molecule has 3 aromatic carbocycles. The van der Waals surface area contributed by atoms with E-state index in [1.54, 1.807) is 49.6 Å². The van der Waals surface area contributed by atoms with E-state index in [4.69, 9.17) is 9.47 Å². The molecule has 9 heteroatoms. The highest BCUT2D eigenvalue weighted by Crippen LogP contribution is 2.45. The fraction of sp³-hybridized carbons (Fsp3) is 0.179. The second-order valence-corrected chi connectivity index (χ2v) is 10.0. The molecule has 186 valence electrons. The smallest absolute Gasteiger partial charge is 0.301 e. The highest BCUT2D eigenvalue weighted by atomic mass is 32.1. The Morgan fingerprint density at radius 1 is 1.14 bits per heavy atom. The molecule has 37 heavy (non-hydrogen) atoms. The van der Waals surface area contributed by atoms with Crippen LogP contribution in [0.15, 0.2) is 66.2 Å². The average Bonchev–Trinajstić information content (AvgIpc) is 3.55. The first-order chi connectivity index (χ1) is 17.8. The molecule has 0 radical (unpaired) electrons. The van der Waals surface area contributed by atoms with E-state index in [1.807, 2.05) is 6.92 Å². The number of aromatic nitrogens is 1. The summed E-state index contributed by atoms with van der Waals surface area (Å²) in [6, 6.07) is 15.3. The molecule has 0 aliphatic carbocycles. The van der Waals surface area contributed by atoms with Gasteiger partial charge in [-0.2, -0.15) is 0 Å². The molecule has 7 nitrogen and oxygen atoms in total. The zero-order valence-corrected chi connectivity index (χ0v) is 20.7. The summed E-state index contributed by atoms with van der Waals surface area (Å²) >= 11 is 1.10. The number of ether oxygens (including phenoxy) is 2. The summed E-state index contributed by atoms with van der Waals surface area (Å²) in [5, 5.41) is 11.7. The predicted molar refractivity (Wildman–Crippen MR) is 138 cm³/mol. The molecule has 0 bridgehead atoms. The molecule has 1 N–H and O–H groups in total. The molecule has 0 saturated carbocycles. The van der Waals surface area contributed by atoms with Crippen molar-refractivity contribution in [3.05, 3.63) is 88.7 Å². The third-order valence-electron chi connectivity index (χ3n) is 6.59. The zero-order chi connectivity index (χ0) is 25.8. The topological polar surface area (TPSA) is 89.0 Å². The molecule has 1 saturated heterocycles. The molecule has 1 aromatic heterocycles. The summed E-state index contributed by atoms with van der Waals surface area (Å²) in [5.74, 6) is -1.02. The van der Waals surface area contributed by atoms with E-state index in [0.29, 0.717) is 33.5 Å². The Morgan fingerprint density at radius 3 is 2.68 bits per heavy atom. The first-order valence-corrected chi connectivity index (χ1v) is 12.5. The predicted octanol–water partition coefficient (Wildman–Crippen LogP) is 5.39. The number of halogens is 1. The van der Waals surface area contributed by atoms with Crippen molar-refractivity contribution >= 4 is 44.1 Å². The molecule has 1 amide bonds. The lowest BCUT2D eigenvalue weighted by atomic mass is 9.94. The van der Waals surface area contributed by atoms with Gasteiger partial charge in [-0.3, -0.25) is 14.5 Å². The largest absolute Gasteiger partial charge is 0.507 e. The number of anilines is 1. The average molecular weight is 517 g/mol. The first kappa shape index (κ1) is 23.2. The van der Waals surface area contributed by atoms with Gasteiger partial charge in [-0.1, -0.05) is 23.5 Å². The van der Waals surface area contributed by atoms with Crippen LogP contribution in [-0.4, -0.2) is 35.0 Å². The monoisotopic (exact) mass is 516 g/mol. The van der Waals surface area contributed by atoms with E-state index >= 15 is 0 Å². The summed E-state index contributed by atoms with van der Waals surface area (Å²) < 4.78 is 25.4. The van der Waals surface area contributed by atoms with E-state index in [1.165, 1.54) is 23.1 Å². The van der Waals surface area contributed by atoms with Crippen LogP contribution in [0.5, 0.6) is 11.5 Å². The summed E-state index contributed by atoms with van der Waals surface area (Å²) in [6.45, 7) is 1.96. The number of benzene rings is 3. The number of thiazole rings is 1. The highest BCUT2D eigenvalue weighted by molar-refractivity contribution is 7.22. The lowest BCUT2D eigenvalue weighted by Gasteiger charge is -2.23. The Labute approximate surface area is 215 Å². The quantitative estimate of drug-likeness (QED) is 0.222. The summed E-state index contributed by atoms with van der Waals surface area (Å²) in [4.78, 5) is 32.6. The Bertz CT molecular complexity index is 1610. The second kappa shape index (κ2) is 8.70. The Morgan fingerprint density at radius 2 is 1.92 bits per heavy atom. The van der Waals surface area contributed by atoms with E-state index in [0.717, 1.165) is 22.6 Å². The Balaban J connectivity index is 1.53. The minimum atomic E-state index is -0.945. The maximum atomic E-state index is 13.8. The molecule has 2 aliphatic rings. The van der Waals surface area contributed by atoms with Crippen LogP contribution < -0.4 is 14.4 Å². The normalized spacial score (nSPS) is 20.4. The molecule has 3 heterocycles. The zero-order valence-electron chi connectivity index (χ0n) is 19.9. The number of hydrogen-bond acceptors (Lipinski definition) is 7. The maximum Gasteiger partial charge on any atom is 0.301 e. The fourth-order valence-corrected chi connectivity index (χ4v) is 5.86. The van der Waals surface area contributed by atoms with Gasteiger partial charge in [0.15, 0.2) is 5.13 Å². The summed E-state index contributed by atoms with van der Waals surface area (Å²) in [7, 11) is 1.54. The lowest BCUT2D eigenvalue weighted by molar-refractivity contribution is -0.132. The number of hydrogen-bond donors (Lipinski definition) is 1. The van der Waals surface area contributed by atoms with Gasteiger partial charge in [0, 0.05) is 12.0 Å². The number of ketones is 1. The summed E-state index contributed by atoms with van der Waals surface area (Å²) in [6.07, 6.45) is 0.691. The van der Waals surface area contributed by atoms with Gasteiger partial charge >= 0.3 is 5.91 Å². The minimum Gasteiger partial charge on any atom is -0.507 e. The van der Waals surface area contributed by atoms with Crippen LogP contribution in [0.2, 0.25) is 0 Å². The van der Waals surface area contributed by atoms with Crippen LogP contribution in [0.1, 0.15) is 29.7 Å². The van der Waals surface area contributed by atoms with E-state index in [9.17, 15) is 19.1 Å². The molecular weight excluding hydrogens is 495 g/mol. The van der Waals surface area contributed by atoms with Crippen molar-refractivity contribution in [2.75, 3.05) is 12.0 Å². The maximum absolute atomic E-state index is 13.8. The van der Waals surface area contributed by atoms with Crippen LogP contribution in [0, 0.1) is 5.82 Å². The van der Waals surface area contributed by atoms with Crippen LogP contribution in [-0.2, 0) is 16.0 Å². The highest BCUT2D eigenvalue weighted by Gasteiger charge is 2.48. The Kier molecular flexibility index (Phi) is 5.45. The number of aliphatic hydroxyl groups is 1. The third kappa shape index (κ3) is 3.82. The van der Waals surface area contributed by atoms with E-state index < -0.39 is 23.5 Å². The van der Waals surface area contributed by atoms with Gasteiger partial charge in [-0.05, 0) is 66.6 Å². The second-order valence-electron chi connectivity index (χ2n) is 9.01. The number of carbonyl (C=O) groups excluding carboxylic acids is 2. The standard InChI is InChI=1S/C28H21FN2O5S/c1-14-11-17-12-16(5-10-21(17)36-14)25(32)23-24(15-3-7-19(35-2)8-4-15)31(27(34)26(23)33)28-30-20-9-6-18(29)13-22(20)37-28/h3-10,12-14,24,32H,11H2,1-2H3/t14-,24+/m0/s1. The van der Waals surface area contributed by atoms with Gasteiger partial charge in [0.25, 0.3) is 5.78 Å². The lowest BCUT2D eigenvalue weighted by Crippen LogP contribution is -2.29. The van der Waals surface area contributed by atoms with Crippen molar-refractivity contribution in [1.82, 2.24) is 4.98 Å². The van der Waals surface area contributed by atoms with Gasteiger partial charge < -0.3 is 14.6 Å². The first-order valence-electron chi connectivity index (χ1n) is 11.6. The third-order valence-corrected chi connectivity index (χ3v) is 7.61. The number of Topliss-reactive ketones (excluding diaryl/α,β-unsaturated/α-hetero) is 1. The molecule has 2 atom stereocenters. The number of amides is 1. The van der Waals surface area contributed by atoms with Crippen LogP contribution in [0.3, 0.4) is 0 Å². The molecule has 0 unspecified atom stereocenters. The van der Waals surface area contributed by atoms with Crippen molar-refractivity contribution in [3.8, 4) is 11.5 Å². The molecule has 2 aliphatic heterocycles. The van der Waals surface area contributed by atoms with Crippen molar-refractivity contribution in [3.63, 3.8) is 0 Å². The van der Waals surface area contributed by atoms with Crippen molar-refractivity contribution in [2.45, 2.75) is 25.5 Å². The van der Waals surface area contributed by atoms with Gasteiger partial charge in [0.2, 0.25) is 0 Å². The van der Waals surface area contributed by atoms with Crippen LogP contribution in [0.4, 0.5) is 9.52 Å². The summed E-state index contributed by atoms with van der Waals surface area (Å²) in [5.41, 5.74) is 2.38. The number of carbonyl (C=O) groups is 2. The minimum absolute atomic E-state index is 0.0150. The number of nitrogens with zero attached hydrogens (tertiary/aromatic N) is 2. The van der Waals surface area contributed by atoms with Crippen LogP contribution in [0.25, 0.3) is 16.0 Å². The van der Waals surface area contributed by atoms with E-state index in [2.05, 4.69) is 4.98 Å². The number of fused-ring (bicyclic) bond motifs is 2. The van der Waals surface area contributed by atoms with Gasteiger partial charge in [-0.15, -0.1) is 0 Å². The van der Waals surface area contributed by atoms with Crippen molar-refractivity contribution in [2.24, 2.45) is 0 Å². The molecule has 6 rings (SSSR count). The van der Waals surface area contributed by atoms with Crippen molar-refractivity contribution < 1.29 is 28.6 Å². The van der Waals surface area contributed by atoms with E-state index in [-0.39, 0.29) is 22.6 Å². The number of methoxy groups -OCH3 is 1. The SMILES string of the molecule is COc1ccc([C@@H]2C(=C(O)c3ccc4c(c3)C[C@H](C)O4)C(=O)C(=O)N2c2nc3ccc(F)cc3s2)cc1. The fourth-order valence-electron chi connectivity index (χ4n) is 4.85. The molecule has 4 aromatic rings. The van der Waals surface area contributed by atoms with Gasteiger partial charge in [0.1, 0.15) is 29.2 Å². The number of rotatable bonds is 4. The number of aliphatic hydroxyl groups excluding tert-OH is 1. The Hall–Kier alpha value is -4.24.